The number of aromatic amines is 1. The molecule has 1 aliphatic rings. The number of aromatic nitrogens is 1. The zero-order valence-corrected chi connectivity index (χ0v) is 11.2. The van der Waals surface area contributed by atoms with E-state index in [-0.39, 0.29) is 5.91 Å². The number of nitrogens with two attached hydrogens (primary N) is 1. The van der Waals surface area contributed by atoms with Crippen LogP contribution in [0.25, 0.3) is 10.9 Å². The molecule has 102 valence electrons. The van der Waals surface area contributed by atoms with E-state index >= 15 is 0 Å². The van der Waals surface area contributed by atoms with Crippen molar-refractivity contribution in [1.82, 2.24) is 9.88 Å². The Morgan fingerprint density at radius 1 is 1.45 bits per heavy atom. The molecule has 0 atom stereocenters. The van der Waals surface area contributed by atoms with Crippen molar-refractivity contribution >= 4 is 22.5 Å². The summed E-state index contributed by atoms with van der Waals surface area (Å²) in [5.41, 5.74) is 7.93. The molecule has 1 aliphatic carbocycles. The Labute approximate surface area is 117 Å². The van der Waals surface area contributed by atoms with Gasteiger partial charge in [-0.2, -0.15) is 0 Å². The first-order chi connectivity index (χ1) is 9.67. The summed E-state index contributed by atoms with van der Waals surface area (Å²) in [7, 11) is 0. The standard InChI is InChI=1S/C16H17N3O/c1-2-7-19(10-11-3-4-11)16(20)15-9-12-8-13(17)5-6-14(12)18-15/h1,5-6,8-9,11,18H,3-4,7,10,17H2. The summed E-state index contributed by atoms with van der Waals surface area (Å²) in [5.74, 6) is 3.15. The van der Waals surface area contributed by atoms with E-state index in [2.05, 4.69) is 10.9 Å². The Morgan fingerprint density at radius 2 is 2.25 bits per heavy atom. The van der Waals surface area contributed by atoms with Crippen molar-refractivity contribution in [2.75, 3.05) is 18.8 Å². The highest BCUT2D eigenvalue weighted by atomic mass is 16.2. The number of nitrogens with one attached hydrogen (secondary N) is 1. The number of carbonyl (C=O) groups excluding carboxylic acids is 1. The third kappa shape index (κ3) is 2.48. The van der Waals surface area contributed by atoms with Crippen molar-refractivity contribution in [3.05, 3.63) is 30.0 Å². The van der Waals surface area contributed by atoms with E-state index in [1.54, 1.807) is 4.90 Å². The molecular formula is C16H17N3O. The number of H-pyrrole nitrogens is 1. The summed E-state index contributed by atoms with van der Waals surface area (Å²) < 4.78 is 0. The largest absolute Gasteiger partial charge is 0.399 e. The van der Waals surface area contributed by atoms with Gasteiger partial charge in [-0.1, -0.05) is 5.92 Å². The van der Waals surface area contributed by atoms with Gasteiger partial charge in [-0.25, -0.2) is 0 Å². The number of terminal acetylenes is 1. The highest BCUT2D eigenvalue weighted by Gasteiger charge is 2.27. The lowest BCUT2D eigenvalue weighted by atomic mass is 10.2. The molecule has 20 heavy (non-hydrogen) atoms. The molecule has 4 nitrogen and oxygen atoms in total. The predicted octanol–water partition coefficient (Wildman–Crippen LogP) is 2.24. The molecule has 2 aromatic rings. The Kier molecular flexibility index (Phi) is 3.11. The molecule has 0 bridgehead atoms. The van der Waals surface area contributed by atoms with E-state index in [0.29, 0.717) is 23.8 Å². The quantitative estimate of drug-likeness (QED) is 0.659. The van der Waals surface area contributed by atoms with Crippen molar-refractivity contribution in [3.63, 3.8) is 0 Å². The lowest BCUT2D eigenvalue weighted by Gasteiger charge is -2.19. The van der Waals surface area contributed by atoms with Gasteiger partial charge in [0.05, 0.1) is 6.54 Å². The lowest BCUT2D eigenvalue weighted by molar-refractivity contribution is 0.0765. The van der Waals surface area contributed by atoms with Gasteiger partial charge in [0, 0.05) is 23.1 Å². The predicted molar refractivity (Wildman–Crippen MR) is 80.2 cm³/mol. The number of hydrogen-bond donors (Lipinski definition) is 2. The molecule has 1 saturated carbocycles. The van der Waals surface area contributed by atoms with Crippen LogP contribution in [-0.4, -0.2) is 28.9 Å². The summed E-state index contributed by atoms with van der Waals surface area (Å²) in [4.78, 5) is 17.4. The van der Waals surface area contributed by atoms with E-state index in [0.717, 1.165) is 17.4 Å². The highest BCUT2D eigenvalue weighted by molar-refractivity contribution is 5.98. The van der Waals surface area contributed by atoms with Gasteiger partial charge in [0.15, 0.2) is 0 Å². The number of rotatable bonds is 4. The van der Waals surface area contributed by atoms with E-state index < -0.39 is 0 Å². The van der Waals surface area contributed by atoms with Crippen LogP contribution in [0.5, 0.6) is 0 Å². The summed E-state index contributed by atoms with van der Waals surface area (Å²) in [5, 5.41) is 0.945. The van der Waals surface area contributed by atoms with Crippen LogP contribution in [0.3, 0.4) is 0 Å². The van der Waals surface area contributed by atoms with Crippen LogP contribution in [0.1, 0.15) is 23.3 Å². The van der Waals surface area contributed by atoms with Crippen molar-refractivity contribution in [3.8, 4) is 12.3 Å². The third-order valence-electron chi connectivity index (χ3n) is 3.62. The van der Waals surface area contributed by atoms with Gasteiger partial charge < -0.3 is 15.6 Å². The van der Waals surface area contributed by atoms with Gasteiger partial charge in [-0.3, -0.25) is 4.79 Å². The van der Waals surface area contributed by atoms with Gasteiger partial charge >= 0.3 is 0 Å². The maximum Gasteiger partial charge on any atom is 0.271 e. The van der Waals surface area contributed by atoms with Crippen molar-refractivity contribution in [2.24, 2.45) is 5.92 Å². The fraction of sp³-hybridized carbons (Fsp3) is 0.312. The lowest BCUT2D eigenvalue weighted by Crippen LogP contribution is -2.33. The maximum atomic E-state index is 12.5. The Bertz CT molecular complexity index is 691. The number of benzene rings is 1. The van der Waals surface area contributed by atoms with Crippen molar-refractivity contribution in [1.29, 1.82) is 0 Å². The Balaban J connectivity index is 1.87. The average molecular weight is 267 g/mol. The molecule has 4 heteroatoms. The summed E-state index contributed by atoms with van der Waals surface area (Å²) in [6.45, 7) is 1.10. The Morgan fingerprint density at radius 3 is 2.95 bits per heavy atom. The second-order valence-electron chi connectivity index (χ2n) is 5.36. The number of carbonyl (C=O) groups is 1. The maximum absolute atomic E-state index is 12.5. The minimum Gasteiger partial charge on any atom is -0.399 e. The molecule has 1 fully saturated rings. The van der Waals surface area contributed by atoms with Gasteiger partial charge in [0.1, 0.15) is 5.69 Å². The van der Waals surface area contributed by atoms with Crippen LogP contribution in [0.2, 0.25) is 0 Å². The fourth-order valence-electron chi connectivity index (χ4n) is 2.38. The Hall–Kier alpha value is -2.41. The van der Waals surface area contributed by atoms with Gasteiger partial charge in [-0.15, -0.1) is 6.42 Å². The zero-order valence-electron chi connectivity index (χ0n) is 11.2. The molecule has 3 rings (SSSR count). The SMILES string of the molecule is C#CCN(CC1CC1)C(=O)c1cc2cc(N)ccc2[nH]1. The zero-order chi connectivity index (χ0) is 14.1. The number of fused-ring (bicyclic) bond motifs is 1. The van der Waals surface area contributed by atoms with Crippen LogP contribution in [-0.2, 0) is 0 Å². The first-order valence-electron chi connectivity index (χ1n) is 6.78. The normalized spacial score (nSPS) is 14.2. The van der Waals surface area contributed by atoms with E-state index in [1.165, 1.54) is 12.8 Å². The van der Waals surface area contributed by atoms with Gasteiger partial charge in [-0.05, 0) is 43.0 Å². The molecule has 0 aliphatic heterocycles. The number of hydrogen-bond acceptors (Lipinski definition) is 2. The number of nitrogens with zero attached hydrogens (tertiary/aromatic N) is 1. The van der Waals surface area contributed by atoms with Crippen LogP contribution in [0.15, 0.2) is 24.3 Å². The van der Waals surface area contributed by atoms with Crippen LogP contribution < -0.4 is 5.73 Å². The molecule has 0 unspecified atom stereocenters. The van der Waals surface area contributed by atoms with Crippen LogP contribution in [0, 0.1) is 18.3 Å². The molecule has 0 radical (unpaired) electrons. The molecule has 1 aromatic heterocycles. The highest BCUT2D eigenvalue weighted by Crippen LogP contribution is 2.30. The van der Waals surface area contributed by atoms with Gasteiger partial charge in [0.25, 0.3) is 5.91 Å². The minimum absolute atomic E-state index is 0.0374. The molecule has 0 saturated heterocycles. The first kappa shape index (κ1) is 12.6. The molecule has 0 spiro atoms. The van der Waals surface area contributed by atoms with E-state index in [4.69, 9.17) is 12.2 Å². The number of nitrogen functional groups attached to an aromatic ring is 1. The molecular weight excluding hydrogens is 250 g/mol. The smallest absolute Gasteiger partial charge is 0.271 e. The molecule has 1 amide bonds. The molecule has 1 aromatic carbocycles. The summed E-state index contributed by atoms with van der Waals surface area (Å²) >= 11 is 0. The third-order valence-corrected chi connectivity index (χ3v) is 3.62. The van der Waals surface area contributed by atoms with Crippen LogP contribution >= 0.6 is 0 Å². The van der Waals surface area contributed by atoms with Crippen molar-refractivity contribution < 1.29 is 4.79 Å². The van der Waals surface area contributed by atoms with Crippen molar-refractivity contribution in [2.45, 2.75) is 12.8 Å². The second-order valence-corrected chi connectivity index (χ2v) is 5.36. The second kappa shape index (κ2) is 4.93. The van der Waals surface area contributed by atoms with Gasteiger partial charge in [0.2, 0.25) is 0 Å². The number of amides is 1. The first-order valence-corrected chi connectivity index (χ1v) is 6.78. The topological polar surface area (TPSA) is 62.1 Å². The van der Waals surface area contributed by atoms with E-state index in [9.17, 15) is 4.79 Å². The number of anilines is 1. The van der Waals surface area contributed by atoms with Crippen LogP contribution in [0.4, 0.5) is 5.69 Å². The summed E-state index contributed by atoms with van der Waals surface area (Å²) in [6, 6.07) is 7.39. The molecule has 3 N–H and O–H groups in total. The fourth-order valence-corrected chi connectivity index (χ4v) is 2.38. The molecule has 1 heterocycles. The minimum atomic E-state index is -0.0374. The van der Waals surface area contributed by atoms with E-state index in [1.807, 2.05) is 24.3 Å². The average Bonchev–Trinajstić information content (AvgIpc) is 3.14. The monoisotopic (exact) mass is 267 g/mol. The summed E-state index contributed by atoms with van der Waals surface area (Å²) in [6.07, 6.45) is 7.75.